The predicted molar refractivity (Wildman–Crippen MR) is 86.0 cm³/mol. The van der Waals surface area contributed by atoms with Crippen LogP contribution in [-0.2, 0) is 9.59 Å². The van der Waals surface area contributed by atoms with Gasteiger partial charge in [0.1, 0.15) is 5.75 Å². The molecule has 1 saturated heterocycles. The van der Waals surface area contributed by atoms with Crippen LogP contribution in [0.3, 0.4) is 0 Å². The average Bonchev–Trinajstić information content (AvgIpc) is 3.27. The molecule has 1 aliphatic heterocycles. The van der Waals surface area contributed by atoms with Crippen LogP contribution < -0.4 is 20.7 Å². The van der Waals surface area contributed by atoms with E-state index in [9.17, 15) is 9.59 Å². The predicted octanol–water partition coefficient (Wildman–Crippen LogP) is 0.741. The first-order valence-electron chi connectivity index (χ1n) is 8.15. The molecule has 2 aliphatic rings. The fourth-order valence-electron chi connectivity index (χ4n) is 2.39. The second-order valence-electron chi connectivity index (χ2n) is 6.28. The summed E-state index contributed by atoms with van der Waals surface area (Å²) in [5.41, 5.74) is 1.01. The minimum Gasteiger partial charge on any atom is -0.484 e. The fourth-order valence-corrected chi connectivity index (χ4v) is 2.39. The van der Waals surface area contributed by atoms with Gasteiger partial charge in [-0.15, -0.1) is 0 Å². The fraction of sp³-hybridized carbons (Fsp3) is 0.529. The molecule has 1 aromatic rings. The van der Waals surface area contributed by atoms with E-state index in [0.717, 1.165) is 31.5 Å². The zero-order valence-electron chi connectivity index (χ0n) is 13.3. The highest BCUT2D eigenvalue weighted by molar-refractivity contribution is 5.80. The Morgan fingerprint density at radius 1 is 1.26 bits per heavy atom. The summed E-state index contributed by atoms with van der Waals surface area (Å²) >= 11 is 0. The van der Waals surface area contributed by atoms with Crippen molar-refractivity contribution in [1.82, 2.24) is 16.0 Å². The molecule has 3 rings (SSSR count). The molecule has 0 radical (unpaired) electrons. The number of nitrogens with one attached hydrogen (secondary N) is 3. The molecule has 2 fully saturated rings. The number of rotatable bonds is 7. The van der Waals surface area contributed by atoms with Crippen molar-refractivity contribution in [3.63, 3.8) is 0 Å². The van der Waals surface area contributed by atoms with Gasteiger partial charge in [0.15, 0.2) is 6.61 Å². The highest BCUT2D eigenvalue weighted by atomic mass is 16.5. The molecule has 1 saturated carbocycles. The lowest BCUT2D eigenvalue weighted by molar-refractivity contribution is -0.127. The third-order valence-corrected chi connectivity index (χ3v) is 4.20. The summed E-state index contributed by atoms with van der Waals surface area (Å²) in [7, 11) is 0. The van der Waals surface area contributed by atoms with Crippen molar-refractivity contribution >= 4 is 11.8 Å². The Hall–Kier alpha value is -2.08. The number of amides is 2. The Morgan fingerprint density at radius 3 is 2.52 bits per heavy atom. The molecular weight excluding hydrogens is 294 g/mol. The summed E-state index contributed by atoms with van der Waals surface area (Å²) in [6.07, 6.45) is 2.14. The zero-order chi connectivity index (χ0) is 16.2. The largest absolute Gasteiger partial charge is 0.484 e. The molecule has 0 spiro atoms. The lowest BCUT2D eigenvalue weighted by Crippen LogP contribution is -2.51. The van der Waals surface area contributed by atoms with Crippen LogP contribution >= 0.6 is 0 Å². The average molecular weight is 317 g/mol. The number of carbonyl (C=O) groups is 2. The number of carbonyl (C=O) groups excluding carboxylic acids is 2. The Bertz CT molecular complexity index is 565. The van der Waals surface area contributed by atoms with Gasteiger partial charge in [0, 0.05) is 19.1 Å². The summed E-state index contributed by atoms with van der Waals surface area (Å²) in [6.45, 7) is 3.52. The summed E-state index contributed by atoms with van der Waals surface area (Å²) in [4.78, 5) is 23.5. The molecule has 2 amide bonds. The second-order valence-corrected chi connectivity index (χ2v) is 6.28. The molecule has 6 nitrogen and oxygen atoms in total. The molecule has 1 atom stereocenters. The minimum absolute atomic E-state index is 0.0385. The molecule has 0 aromatic heterocycles. The number of hydrogen-bond acceptors (Lipinski definition) is 4. The Labute approximate surface area is 136 Å². The quantitative estimate of drug-likeness (QED) is 0.693. The zero-order valence-corrected chi connectivity index (χ0v) is 13.3. The minimum atomic E-state index is -0.0775. The monoisotopic (exact) mass is 317 g/mol. The molecular formula is C17H23N3O3. The maximum Gasteiger partial charge on any atom is 0.258 e. The molecule has 124 valence electrons. The lowest BCUT2D eigenvalue weighted by atomic mass is 10.0. The molecule has 1 aliphatic carbocycles. The van der Waals surface area contributed by atoms with Crippen molar-refractivity contribution in [3.8, 4) is 5.75 Å². The van der Waals surface area contributed by atoms with Gasteiger partial charge in [0.05, 0.1) is 12.0 Å². The van der Waals surface area contributed by atoms with Gasteiger partial charge in [-0.25, -0.2) is 0 Å². The van der Waals surface area contributed by atoms with Crippen LogP contribution in [0.2, 0.25) is 0 Å². The summed E-state index contributed by atoms with van der Waals surface area (Å²) in [5, 5.41) is 8.98. The van der Waals surface area contributed by atoms with Crippen LogP contribution in [0.25, 0.3) is 0 Å². The normalized spacial score (nSPS) is 18.7. The van der Waals surface area contributed by atoms with Crippen LogP contribution in [-0.4, -0.2) is 37.6 Å². The van der Waals surface area contributed by atoms with Gasteiger partial charge in [-0.05, 0) is 37.5 Å². The van der Waals surface area contributed by atoms with E-state index in [1.807, 2.05) is 31.2 Å². The third-order valence-electron chi connectivity index (χ3n) is 4.20. The number of benzene rings is 1. The van der Waals surface area contributed by atoms with E-state index in [-0.39, 0.29) is 30.4 Å². The van der Waals surface area contributed by atoms with Gasteiger partial charge in [0.2, 0.25) is 5.91 Å². The van der Waals surface area contributed by atoms with Crippen molar-refractivity contribution in [2.75, 3.05) is 19.7 Å². The summed E-state index contributed by atoms with van der Waals surface area (Å²) in [6, 6.07) is 7.79. The second kappa shape index (κ2) is 7.00. The molecule has 1 unspecified atom stereocenters. The van der Waals surface area contributed by atoms with E-state index in [0.29, 0.717) is 11.8 Å². The highest BCUT2D eigenvalue weighted by Crippen LogP contribution is 2.20. The maximum absolute atomic E-state index is 11.9. The van der Waals surface area contributed by atoms with E-state index in [1.54, 1.807) is 0 Å². The molecule has 23 heavy (non-hydrogen) atoms. The Balaban J connectivity index is 1.45. The topological polar surface area (TPSA) is 79.5 Å². The van der Waals surface area contributed by atoms with Gasteiger partial charge in [-0.1, -0.05) is 12.1 Å². The van der Waals surface area contributed by atoms with E-state index in [2.05, 4.69) is 16.0 Å². The first-order chi connectivity index (χ1) is 11.1. The lowest BCUT2D eigenvalue weighted by Gasteiger charge is -2.27. The van der Waals surface area contributed by atoms with E-state index < -0.39 is 0 Å². The van der Waals surface area contributed by atoms with Crippen molar-refractivity contribution < 1.29 is 14.3 Å². The number of ether oxygens (including phenoxy) is 1. The van der Waals surface area contributed by atoms with Gasteiger partial charge in [-0.2, -0.15) is 0 Å². The van der Waals surface area contributed by atoms with Crippen molar-refractivity contribution in [2.24, 2.45) is 5.92 Å². The SMILES string of the molecule is CC(NC(=O)C1CNC1)c1ccc(OCC(=O)NC2CC2)cc1. The van der Waals surface area contributed by atoms with Crippen LogP contribution in [0, 0.1) is 5.92 Å². The molecule has 1 aromatic carbocycles. The maximum atomic E-state index is 11.9. The Kier molecular flexibility index (Phi) is 4.81. The van der Waals surface area contributed by atoms with Gasteiger partial charge < -0.3 is 20.7 Å². The highest BCUT2D eigenvalue weighted by Gasteiger charge is 2.26. The smallest absolute Gasteiger partial charge is 0.258 e. The van der Waals surface area contributed by atoms with Crippen LogP contribution in [0.15, 0.2) is 24.3 Å². The van der Waals surface area contributed by atoms with Gasteiger partial charge in [-0.3, -0.25) is 9.59 Å². The first kappa shape index (κ1) is 15.8. The molecule has 6 heteroatoms. The van der Waals surface area contributed by atoms with Crippen molar-refractivity contribution in [1.29, 1.82) is 0 Å². The van der Waals surface area contributed by atoms with E-state index in [4.69, 9.17) is 4.74 Å². The number of hydrogen-bond donors (Lipinski definition) is 3. The molecule has 3 N–H and O–H groups in total. The summed E-state index contributed by atoms with van der Waals surface area (Å²) < 4.78 is 5.47. The van der Waals surface area contributed by atoms with Gasteiger partial charge >= 0.3 is 0 Å². The molecule has 1 heterocycles. The summed E-state index contributed by atoms with van der Waals surface area (Å²) in [5.74, 6) is 0.756. The van der Waals surface area contributed by atoms with Crippen LogP contribution in [0.5, 0.6) is 5.75 Å². The van der Waals surface area contributed by atoms with Crippen LogP contribution in [0.1, 0.15) is 31.4 Å². The van der Waals surface area contributed by atoms with Crippen LogP contribution in [0.4, 0.5) is 0 Å². The van der Waals surface area contributed by atoms with Crippen molar-refractivity contribution in [2.45, 2.75) is 31.8 Å². The molecule has 0 bridgehead atoms. The van der Waals surface area contributed by atoms with E-state index in [1.165, 1.54) is 0 Å². The van der Waals surface area contributed by atoms with Crippen molar-refractivity contribution in [3.05, 3.63) is 29.8 Å². The van der Waals surface area contributed by atoms with Gasteiger partial charge in [0.25, 0.3) is 5.91 Å². The first-order valence-corrected chi connectivity index (χ1v) is 8.15. The third kappa shape index (κ3) is 4.45. The Morgan fingerprint density at radius 2 is 1.96 bits per heavy atom. The van der Waals surface area contributed by atoms with E-state index >= 15 is 0 Å². The standard InChI is InChI=1S/C17H23N3O3/c1-11(19-17(22)13-8-18-9-13)12-2-6-15(7-3-12)23-10-16(21)20-14-4-5-14/h2-3,6-7,11,13-14,18H,4-5,8-10H2,1H3,(H,19,22)(H,20,21).